The lowest BCUT2D eigenvalue weighted by Gasteiger charge is -2.14. The van der Waals surface area contributed by atoms with E-state index in [1.165, 1.54) is 4.90 Å². The van der Waals surface area contributed by atoms with Crippen LogP contribution in [0.4, 0.5) is 0 Å². The molecular weight excluding hydrogens is 416 g/mol. The van der Waals surface area contributed by atoms with Gasteiger partial charge >= 0.3 is 0 Å². The van der Waals surface area contributed by atoms with Crippen molar-refractivity contribution in [2.24, 2.45) is 0 Å². The van der Waals surface area contributed by atoms with Gasteiger partial charge in [-0.15, -0.1) is 0 Å². The number of fused-ring (bicyclic) bond motifs is 1. The second kappa shape index (κ2) is 9.02. The van der Waals surface area contributed by atoms with Gasteiger partial charge in [-0.05, 0) is 48.0 Å². The summed E-state index contributed by atoms with van der Waals surface area (Å²) in [6, 6.07) is 20.6. The molecule has 4 rings (SSSR count). The van der Waals surface area contributed by atoms with E-state index in [9.17, 15) is 14.4 Å². The molecule has 1 heterocycles. The van der Waals surface area contributed by atoms with Crippen molar-refractivity contribution in [3.63, 3.8) is 0 Å². The number of rotatable bonds is 7. The highest BCUT2D eigenvalue weighted by molar-refractivity contribution is 6.30. The Morgan fingerprint density at radius 3 is 2.23 bits per heavy atom. The molecule has 6 nitrogen and oxygen atoms in total. The van der Waals surface area contributed by atoms with Crippen LogP contribution in [0.25, 0.3) is 0 Å². The van der Waals surface area contributed by atoms with Gasteiger partial charge in [0.15, 0.2) is 0 Å². The molecule has 0 aliphatic carbocycles. The first kappa shape index (κ1) is 20.6. The Hall–Kier alpha value is -3.64. The van der Waals surface area contributed by atoms with Crippen molar-refractivity contribution in [3.05, 3.63) is 100 Å². The highest BCUT2D eigenvalue weighted by atomic mass is 35.5. The first-order valence-electron chi connectivity index (χ1n) is 9.73. The number of imide groups is 1. The monoisotopic (exact) mass is 434 g/mol. The van der Waals surface area contributed by atoms with E-state index in [0.717, 1.165) is 5.56 Å². The molecule has 1 aliphatic rings. The van der Waals surface area contributed by atoms with Crippen molar-refractivity contribution in [3.8, 4) is 5.75 Å². The number of benzene rings is 3. The minimum atomic E-state index is -0.304. The van der Waals surface area contributed by atoms with Gasteiger partial charge < -0.3 is 10.1 Å². The summed E-state index contributed by atoms with van der Waals surface area (Å²) in [6.45, 7) is 0.799. The minimum absolute atomic E-state index is 0.154. The molecule has 3 amide bonds. The maximum absolute atomic E-state index is 12.5. The fourth-order valence-electron chi connectivity index (χ4n) is 3.32. The number of halogens is 1. The molecule has 0 fully saturated rings. The van der Waals surface area contributed by atoms with Crippen LogP contribution in [0.5, 0.6) is 5.75 Å². The summed E-state index contributed by atoms with van der Waals surface area (Å²) in [4.78, 5) is 38.5. The highest BCUT2D eigenvalue weighted by Gasteiger charge is 2.34. The molecule has 1 aliphatic heterocycles. The number of amides is 3. The van der Waals surface area contributed by atoms with Gasteiger partial charge in [0.25, 0.3) is 17.7 Å². The number of carbonyl (C=O) groups excluding carboxylic acids is 3. The first-order valence-corrected chi connectivity index (χ1v) is 10.1. The van der Waals surface area contributed by atoms with Crippen molar-refractivity contribution in [1.29, 1.82) is 0 Å². The average molecular weight is 435 g/mol. The van der Waals surface area contributed by atoms with E-state index in [4.69, 9.17) is 16.3 Å². The van der Waals surface area contributed by atoms with E-state index in [1.807, 2.05) is 0 Å². The molecule has 3 aromatic carbocycles. The largest absolute Gasteiger partial charge is 0.492 e. The van der Waals surface area contributed by atoms with Crippen molar-refractivity contribution >= 4 is 29.3 Å². The predicted octanol–water partition coefficient (Wildman–Crippen LogP) is 3.95. The first-order chi connectivity index (χ1) is 15.0. The lowest BCUT2D eigenvalue weighted by molar-refractivity contribution is 0.0641. The van der Waals surface area contributed by atoms with E-state index in [0.29, 0.717) is 40.6 Å². The van der Waals surface area contributed by atoms with Crippen LogP contribution in [0.2, 0.25) is 5.02 Å². The van der Waals surface area contributed by atoms with Gasteiger partial charge in [0.05, 0.1) is 24.2 Å². The summed E-state index contributed by atoms with van der Waals surface area (Å²) in [5.74, 6) is -0.203. The molecule has 1 N–H and O–H groups in total. The Kier molecular flexibility index (Phi) is 6.00. The average Bonchev–Trinajstić information content (AvgIpc) is 3.02. The zero-order valence-corrected chi connectivity index (χ0v) is 17.3. The summed E-state index contributed by atoms with van der Waals surface area (Å²) < 4.78 is 5.54. The van der Waals surface area contributed by atoms with Crippen molar-refractivity contribution in [2.45, 2.75) is 6.54 Å². The van der Waals surface area contributed by atoms with Crippen LogP contribution in [0.15, 0.2) is 72.8 Å². The fraction of sp³-hybridized carbons (Fsp3) is 0.125. The zero-order valence-electron chi connectivity index (χ0n) is 16.5. The molecule has 0 radical (unpaired) electrons. The van der Waals surface area contributed by atoms with E-state index < -0.39 is 0 Å². The molecular formula is C24H19ClN2O4. The van der Waals surface area contributed by atoms with E-state index in [-0.39, 0.29) is 24.3 Å². The van der Waals surface area contributed by atoms with E-state index in [2.05, 4.69) is 5.32 Å². The maximum Gasteiger partial charge on any atom is 0.261 e. The Labute approximate surface area is 184 Å². The Morgan fingerprint density at radius 2 is 1.58 bits per heavy atom. The lowest BCUT2D eigenvalue weighted by Crippen LogP contribution is -2.29. The lowest BCUT2D eigenvalue weighted by atomic mass is 10.1. The topological polar surface area (TPSA) is 75.7 Å². The summed E-state index contributed by atoms with van der Waals surface area (Å²) in [5, 5.41) is 3.37. The van der Waals surface area contributed by atoms with Gasteiger partial charge in [0.2, 0.25) is 0 Å². The standard InChI is InChI=1S/C24H19ClN2O4/c25-18-4-3-5-19(14-18)31-13-12-26-22(28)17-10-8-16(9-11-17)15-27-23(29)20-6-1-2-7-21(20)24(27)30/h1-11,14H,12-13,15H2,(H,26,28). The van der Waals surface area contributed by atoms with Gasteiger partial charge in [-0.25, -0.2) is 0 Å². The number of nitrogens with one attached hydrogen (secondary N) is 1. The van der Waals surface area contributed by atoms with Crippen LogP contribution < -0.4 is 10.1 Å². The Bertz CT molecular complexity index is 1110. The van der Waals surface area contributed by atoms with Crippen molar-refractivity contribution in [2.75, 3.05) is 13.2 Å². The normalized spacial score (nSPS) is 12.6. The second-order valence-electron chi connectivity index (χ2n) is 7.00. The van der Waals surface area contributed by atoms with Crippen LogP contribution >= 0.6 is 11.6 Å². The zero-order chi connectivity index (χ0) is 21.8. The van der Waals surface area contributed by atoms with E-state index >= 15 is 0 Å². The summed E-state index contributed by atoms with van der Waals surface area (Å²) in [7, 11) is 0. The predicted molar refractivity (Wildman–Crippen MR) is 116 cm³/mol. The van der Waals surface area contributed by atoms with Crippen LogP contribution in [-0.2, 0) is 6.54 Å². The number of carbonyl (C=O) groups is 3. The molecule has 0 spiro atoms. The van der Waals surface area contributed by atoms with Crippen LogP contribution in [0.1, 0.15) is 36.6 Å². The molecule has 31 heavy (non-hydrogen) atoms. The molecule has 0 saturated carbocycles. The fourth-order valence-corrected chi connectivity index (χ4v) is 3.50. The third kappa shape index (κ3) is 4.59. The van der Waals surface area contributed by atoms with Gasteiger partial charge in [0, 0.05) is 10.6 Å². The minimum Gasteiger partial charge on any atom is -0.492 e. The van der Waals surface area contributed by atoms with Crippen LogP contribution in [0.3, 0.4) is 0 Å². The van der Waals surface area contributed by atoms with Crippen LogP contribution in [0, 0.1) is 0 Å². The Morgan fingerprint density at radius 1 is 0.903 bits per heavy atom. The Balaban J connectivity index is 1.29. The highest BCUT2D eigenvalue weighted by Crippen LogP contribution is 2.24. The number of hydrogen-bond donors (Lipinski definition) is 1. The molecule has 0 bridgehead atoms. The molecule has 3 aromatic rings. The number of ether oxygens (including phenoxy) is 1. The van der Waals surface area contributed by atoms with Gasteiger partial charge in [-0.1, -0.05) is 41.9 Å². The number of nitrogens with zero attached hydrogens (tertiary/aromatic N) is 1. The number of hydrogen-bond acceptors (Lipinski definition) is 4. The second-order valence-corrected chi connectivity index (χ2v) is 7.44. The van der Waals surface area contributed by atoms with Gasteiger partial charge in [-0.3, -0.25) is 19.3 Å². The molecule has 0 saturated heterocycles. The third-order valence-corrected chi connectivity index (χ3v) is 5.12. The van der Waals surface area contributed by atoms with E-state index in [1.54, 1.807) is 72.8 Å². The van der Waals surface area contributed by atoms with Crippen molar-refractivity contribution in [1.82, 2.24) is 10.2 Å². The van der Waals surface area contributed by atoms with Crippen molar-refractivity contribution < 1.29 is 19.1 Å². The summed E-state index contributed by atoms with van der Waals surface area (Å²) in [5.41, 5.74) is 2.08. The van der Waals surface area contributed by atoms with Gasteiger partial charge in [-0.2, -0.15) is 0 Å². The SMILES string of the molecule is O=C(NCCOc1cccc(Cl)c1)c1ccc(CN2C(=O)c3ccccc3C2=O)cc1. The molecule has 0 aromatic heterocycles. The molecule has 7 heteroatoms. The quantitative estimate of drug-likeness (QED) is 0.451. The molecule has 156 valence electrons. The third-order valence-electron chi connectivity index (χ3n) is 4.89. The summed E-state index contributed by atoms with van der Waals surface area (Å²) >= 11 is 5.90. The molecule has 0 atom stereocenters. The maximum atomic E-state index is 12.5. The molecule has 0 unspecified atom stereocenters. The smallest absolute Gasteiger partial charge is 0.261 e. The summed E-state index contributed by atoms with van der Waals surface area (Å²) in [6.07, 6.45) is 0. The van der Waals surface area contributed by atoms with Crippen LogP contribution in [-0.4, -0.2) is 35.8 Å². The van der Waals surface area contributed by atoms with Gasteiger partial charge in [0.1, 0.15) is 12.4 Å².